The Morgan fingerprint density at radius 1 is 1.11 bits per heavy atom. The Bertz CT molecular complexity index is 333. The quantitative estimate of drug-likeness (QED) is 0.439. The minimum Gasteiger partial charge on any atom is -0.790 e. The van der Waals surface area contributed by atoms with Gasteiger partial charge < -0.3 is 28.7 Å². The van der Waals surface area contributed by atoms with Crippen LogP contribution in [0, 0.1) is 5.92 Å². The molecule has 0 spiro atoms. The lowest BCUT2D eigenvalue weighted by Gasteiger charge is -2.35. The molecule has 0 amide bonds. The van der Waals surface area contributed by atoms with Crippen molar-refractivity contribution in [1.82, 2.24) is 0 Å². The van der Waals surface area contributed by atoms with Crippen LogP contribution in [-0.2, 0) is 18.2 Å². The first-order chi connectivity index (χ1) is 8.51. The minimum atomic E-state index is -4.99. The van der Waals surface area contributed by atoms with Crippen molar-refractivity contribution in [2.75, 3.05) is 6.61 Å². The fourth-order valence-corrected chi connectivity index (χ4v) is 2.53. The summed E-state index contributed by atoms with van der Waals surface area (Å²) in [5, 5.41) is 0. The van der Waals surface area contributed by atoms with Gasteiger partial charge >= 0.3 is 7.82 Å². The first-order valence-electron chi connectivity index (χ1n) is 5.92. The molecule has 0 fully saturated rings. The summed E-state index contributed by atoms with van der Waals surface area (Å²) < 4.78 is 29.6. The summed E-state index contributed by atoms with van der Waals surface area (Å²) in [4.78, 5) is 37.9. The largest absolute Gasteiger partial charge is 0.790 e. The normalized spacial score (nSPS) is 14.9. The van der Waals surface area contributed by atoms with Gasteiger partial charge in [0, 0.05) is 0 Å². The van der Waals surface area contributed by atoms with Crippen molar-refractivity contribution in [3.05, 3.63) is 0 Å². The maximum atomic E-state index is 10.5. The molecular formula is C9H20O8P2-2. The van der Waals surface area contributed by atoms with E-state index >= 15 is 0 Å². The van der Waals surface area contributed by atoms with Gasteiger partial charge in [0.05, 0.1) is 20.5 Å². The van der Waals surface area contributed by atoms with Gasteiger partial charge in [-0.1, -0.05) is 26.7 Å². The van der Waals surface area contributed by atoms with Crippen molar-refractivity contribution in [2.45, 2.75) is 45.6 Å². The molecule has 0 radical (unpaired) electrons. The van der Waals surface area contributed by atoms with Gasteiger partial charge in [0.25, 0.3) is 0 Å². The second-order valence-corrected chi connectivity index (χ2v) is 6.85. The van der Waals surface area contributed by atoms with E-state index in [1.807, 2.05) is 0 Å². The van der Waals surface area contributed by atoms with Crippen LogP contribution < -0.4 is 9.79 Å². The Kier molecular flexibility index (Phi) is 8.59. The molecule has 8 nitrogen and oxygen atoms in total. The van der Waals surface area contributed by atoms with Gasteiger partial charge in [0.2, 0.25) is 0 Å². The summed E-state index contributed by atoms with van der Waals surface area (Å²) in [5.41, 5.74) is 0. The topological polar surface area (TPSA) is 139 Å². The van der Waals surface area contributed by atoms with Gasteiger partial charge in [0.1, 0.15) is 0 Å². The Morgan fingerprint density at radius 2 is 1.68 bits per heavy atom. The summed E-state index contributed by atoms with van der Waals surface area (Å²) >= 11 is 0. The van der Waals surface area contributed by atoms with Gasteiger partial charge in [-0.15, -0.1) is 0 Å². The SMILES string of the molecule is CC(C)C(CCCCCOP(=O)(O)O)OP(=O)([O-])[O-]. The smallest absolute Gasteiger partial charge is 0.469 e. The van der Waals surface area contributed by atoms with Crippen molar-refractivity contribution in [1.29, 1.82) is 0 Å². The molecule has 1 atom stereocenters. The number of phosphoric acid groups is 2. The maximum Gasteiger partial charge on any atom is 0.469 e. The lowest BCUT2D eigenvalue weighted by molar-refractivity contribution is -0.346. The molecule has 0 aromatic carbocycles. The number of phosphoric ester groups is 2. The van der Waals surface area contributed by atoms with E-state index in [0.717, 1.165) is 0 Å². The Labute approximate surface area is 112 Å². The molecule has 1 unspecified atom stereocenters. The number of rotatable bonds is 10. The molecule has 0 saturated heterocycles. The van der Waals surface area contributed by atoms with Gasteiger partial charge in [-0.3, -0.25) is 4.52 Å². The molecule has 0 saturated carbocycles. The highest BCUT2D eigenvalue weighted by Crippen LogP contribution is 2.36. The lowest BCUT2D eigenvalue weighted by atomic mass is 10.0. The van der Waals surface area contributed by atoms with Crippen molar-refractivity contribution < 1.29 is 37.8 Å². The molecule has 0 aliphatic rings. The van der Waals surface area contributed by atoms with Crippen LogP contribution in [0.3, 0.4) is 0 Å². The van der Waals surface area contributed by atoms with E-state index in [9.17, 15) is 18.9 Å². The maximum absolute atomic E-state index is 10.5. The van der Waals surface area contributed by atoms with E-state index in [4.69, 9.17) is 9.79 Å². The molecule has 0 aromatic heterocycles. The number of hydrogen-bond donors (Lipinski definition) is 2. The van der Waals surface area contributed by atoms with Gasteiger partial charge in [0.15, 0.2) is 0 Å². The lowest BCUT2D eigenvalue weighted by Crippen LogP contribution is -2.26. The summed E-state index contributed by atoms with van der Waals surface area (Å²) in [6.45, 7) is 3.42. The van der Waals surface area contributed by atoms with Crippen LogP contribution in [0.5, 0.6) is 0 Å². The Balaban J connectivity index is 3.83. The first-order valence-corrected chi connectivity index (χ1v) is 8.91. The molecule has 0 aromatic rings. The summed E-state index contributed by atoms with van der Waals surface area (Å²) in [5.74, 6) is -0.109. The second-order valence-electron chi connectivity index (χ2n) is 4.51. The van der Waals surface area contributed by atoms with Crippen molar-refractivity contribution in [3.8, 4) is 0 Å². The average molecular weight is 318 g/mol. The van der Waals surface area contributed by atoms with E-state index in [2.05, 4.69) is 9.05 Å². The van der Waals surface area contributed by atoms with Gasteiger partial charge in [-0.2, -0.15) is 0 Å². The zero-order chi connectivity index (χ0) is 15.1. The Hall–Kier alpha value is 0.220. The number of hydrogen-bond acceptors (Lipinski definition) is 6. The van der Waals surface area contributed by atoms with E-state index in [0.29, 0.717) is 25.7 Å². The molecule has 2 N–H and O–H groups in total. The third kappa shape index (κ3) is 13.0. The van der Waals surface area contributed by atoms with Crippen molar-refractivity contribution in [3.63, 3.8) is 0 Å². The molecule has 19 heavy (non-hydrogen) atoms. The van der Waals surface area contributed by atoms with Crippen LogP contribution >= 0.6 is 15.6 Å². The monoisotopic (exact) mass is 318 g/mol. The molecule has 0 heterocycles. The van der Waals surface area contributed by atoms with Gasteiger partial charge in [-0.05, 0) is 18.8 Å². The second kappa shape index (κ2) is 8.49. The van der Waals surface area contributed by atoms with E-state index in [-0.39, 0.29) is 12.5 Å². The van der Waals surface area contributed by atoms with Crippen molar-refractivity contribution >= 4 is 15.6 Å². The minimum absolute atomic E-state index is 0.0704. The molecule has 10 heteroatoms. The molecule has 0 bridgehead atoms. The summed E-state index contributed by atoms with van der Waals surface area (Å²) in [6.07, 6.45) is 1.33. The van der Waals surface area contributed by atoms with Crippen LogP contribution in [0.2, 0.25) is 0 Å². The highest BCUT2D eigenvalue weighted by atomic mass is 31.2. The highest BCUT2D eigenvalue weighted by molar-refractivity contribution is 7.46. The predicted molar refractivity (Wildman–Crippen MR) is 63.8 cm³/mol. The third-order valence-electron chi connectivity index (χ3n) is 2.40. The predicted octanol–water partition coefficient (Wildman–Crippen LogP) is 0.526. The summed E-state index contributed by atoms with van der Waals surface area (Å²) in [7, 11) is -9.41. The van der Waals surface area contributed by atoms with Crippen LogP contribution in [0.1, 0.15) is 39.5 Å². The highest BCUT2D eigenvalue weighted by Gasteiger charge is 2.16. The zero-order valence-corrected chi connectivity index (χ0v) is 12.7. The van der Waals surface area contributed by atoms with E-state index in [1.165, 1.54) is 0 Å². The average Bonchev–Trinajstić information content (AvgIpc) is 2.17. The Morgan fingerprint density at radius 3 is 2.11 bits per heavy atom. The molecule has 0 aliphatic carbocycles. The molecule has 0 aliphatic heterocycles. The zero-order valence-electron chi connectivity index (χ0n) is 10.9. The van der Waals surface area contributed by atoms with Crippen molar-refractivity contribution in [2.24, 2.45) is 5.92 Å². The fourth-order valence-electron chi connectivity index (χ4n) is 1.48. The standard InChI is InChI=1S/C9H22O8P2/c1-8(2)9(17-19(13,14)15)6-4-3-5-7-16-18(10,11)12/h8-9H,3-7H2,1-2H3,(H2,10,11,12)(H2,13,14,15)/p-2. The fraction of sp³-hybridized carbons (Fsp3) is 1.00. The molecule has 116 valence electrons. The first kappa shape index (κ1) is 19.2. The van der Waals surface area contributed by atoms with E-state index < -0.39 is 21.7 Å². The van der Waals surface area contributed by atoms with Crippen LogP contribution in [0.4, 0.5) is 0 Å². The molecular weight excluding hydrogens is 298 g/mol. The van der Waals surface area contributed by atoms with Crippen LogP contribution in [0.15, 0.2) is 0 Å². The molecule has 0 rings (SSSR count). The van der Waals surface area contributed by atoms with Crippen LogP contribution in [-0.4, -0.2) is 22.5 Å². The van der Waals surface area contributed by atoms with Gasteiger partial charge in [-0.25, -0.2) is 4.57 Å². The third-order valence-corrected chi connectivity index (χ3v) is 3.45. The van der Waals surface area contributed by atoms with E-state index in [1.54, 1.807) is 13.8 Å². The number of unbranched alkanes of at least 4 members (excludes halogenated alkanes) is 2. The van der Waals surface area contributed by atoms with Crippen LogP contribution in [0.25, 0.3) is 0 Å². The summed E-state index contributed by atoms with van der Waals surface area (Å²) in [6, 6.07) is 0.